The Morgan fingerprint density at radius 3 is 2.47 bits per heavy atom. The highest BCUT2D eigenvalue weighted by Gasteiger charge is 2.42. The SMILES string of the molecule is CC1(C)COP(=O)(C2=CCC[S@@]2=O)OC1. The maximum absolute atomic E-state index is 12.2. The van der Waals surface area contributed by atoms with Crippen molar-refractivity contribution in [2.24, 2.45) is 5.41 Å². The molecular weight excluding hydrogens is 235 g/mol. The van der Waals surface area contributed by atoms with Crippen molar-refractivity contribution in [3.63, 3.8) is 0 Å². The molecule has 0 aromatic carbocycles. The molecule has 0 aromatic rings. The van der Waals surface area contributed by atoms with E-state index in [-0.39, 0.29) is 5.41 Å². The number of allylic oxidation sites excluding steroid dienone is 1. The van der Waals surface area contributed by atoms with E-state index in [9.17, 15) is 8.77 Å². The van der Waals surface area contributed by atoms with E-state index in [1.807, 2.05) is 13.8 Å². The zero-order valence-electron chi connectivity index (χ0n) is 8.89. The molecule has 1 saturated heterocycles. The summed E-state index contributed by atoms with van der Waals surface area (Å²) in [6.07, 6.45) is 2.43. The van der Waals surface area contributed by atoms with Gasteiger partial charge in [0.2, 0.25) is 0 Å². The minimum atomic E-state index is -3.24. The van der Waals surface area contributed by atoms with Crippen LogP contribution in [0.5, 0.6) is 0 Å². The van der Waals surface area contributed by atoms with Gasteiger partial charge < -0.3 is 9.05 Å². The molecule has 2 aliphatic rings. The second-order valence-electron chi connectivity index (χ2n) is 4.59. The lowest BCUT2D eigenvalue weighted by Crippen LogP contribution is -2.29. The zero-order chi connectivity index (χ0) is 11.1. The maximum atomic E-state index is 12.2. The molecular formula is C9H15O4PS. The van der Waals surface area contributed by atoms with E-state index in [1.54, 1.807) is 6.08 Å². The van der Waals surface area contributed by atoms with Crippen LogP contribution in [-0.2, 0) is 24.4 Å². The Labute approximate surface area is 92.0 Å². The van der Waals surface area contributed by atoms with Gasteiger partial charge in [0.15, 0.2) is 0 Å². The third kappa shape index (κ3) is 2.26. The van der Waals surface area contributed by atoms with Crippen LogP contribution in [0.15, 0.2) is 10.7 Å². The molecule has 2 rings (SSSR count). The Morgan fingerprint density at radius 2 is 2.00 bits per heavy atom. The molecule has 2 heterocycles. The average Bonchev–Trinajstić information content (AvgIpc) is 2.58. The number of hydrogen-bond donors (Lipinski definition) is 0. The molecule has 0 radical (unpaired) electrons. The van der Waals surface area contributed by atoms with E-state index in [4.69, 9.17) is 9.05 Å². The summed E-state index contributed by atoms with van der Waals surface area (Å²) in [4.78, 5) is 0. The Balaban J connectivity index is 2.17. The second kappa shape index (κ2) is 3.81. The van der Waals surface area contributed by atoms with Gasteiger partial charge in [-0.15, -0.1) is 0 Å². The van der Waals surface area contributed by atoms with Crippen molar-refractivity contribution < 1.29 is 17.8 Å². The van der Waals surface area contributed by atoms with E-state index in [0.717, 1.165) is 0 Å². The normalized spacial score (nSPS) is 33.7. The van der Waals surface area contributed by atoms with Gasteiger partial charge in [0.25, 0.3) is 0 Å². The van der Waals surface area contributed by atoms with Gasteiger partial charge in [-0.2, -0.15) is 0 Å². The van der Waals surface area contributed by atoms with Gasteiger partial charge in [-0.3, -0.25) is 8.77 Å². The summed E-state index contributed by atoms with van der Waals surface area (Å²) in [6.45, 7) is 4.74. The van der Waals surface area contributed by atoms with Crippen molar-refractivity contribution >= 4 is 18.4 Å². The molecule has 0 bridgehead atoms. The summed E-state index contributed by atoms with van der Waals surface area (Å²) >= 11 is 0. The molecule has 15 heavy (non-hydrogen) atoms. The molecule has 0 N–H and O–H groups in total. The Hall–Kier alpha value is 0.0400. The highest BCUT2D eigenvalue weighted by atomic mass is 32.2. The van der Waals surface area contributed by atoms with E-state index in [0.29, 0.717) is 30.0 Å². The average molecular weight is 250 g/mol. The van der Waals surface area contributed by atoms with Crippen molar-refractivity contribution in [3.8, 4) is 0 Å². The van der Waals surface area contributed by atoms with E-state index in [2.05, 4.69) is 0 Å². The monoisotopic (exact) mass is 250 g/mol. The fraction of sp³-hybridized carbons (Fsp3) is 0.778. The molecule has 4 nitrogen and oxygen atoms in total. The van der Waals surface area contributed by atoms with Crippen LogP contribution in [-0.4, -0.2) is 23.2 Å². The number of rotatable bonds is 1. The molecule has 0 aromatic heterocycles. The Bertz CT molecular complexity index is 360. The smallest absolute Gasteiger partial charge is 0.304 e. The van der Waals surface area contributed by atoms with Crippen LogP contribution in [0.3, 0.4) is 0 Å². The van der Waals surface area contributed by atoms with Crippen LogP contribution >= 0.6 is 7.60 Å². The summed E-state index contributed by atoms with van der Waals surface area (Å²) in [5.74, 6) is 0.537. The topological polar surface area (TPSA) is 52.6 Å². The predicted octanol–water partition coefficient (Wildman–Crippen LogP) is 2.25. The first-order valence-electron chi connectivity index (χ1n) is 4.91. The summed E-state index contributed by atoms with van der Waals surface area (Å²) < 4.78 is 34.8. The summed E-state index contributed by atoms with van der Waals surface area (Å²) in [5.41, 5.74) is -0.117. The third-order valence-electron chi connectivity index (χ3n) is 2.38. The first-order valence-corrected chi connectivity index (χ1v) is 7.77. The van der Waals surface area contributed by atoms with Crippen molar-refractivity contribution in [1.29, 1.82) is 0 Å². The number of hydrogen-bond acceptors (Lipinski definition) is 4. The van der Waals surface area contributed by atoms with Crippen LogP contribution in [0.25, 0.3) is 0 Å². The molecule has 6 heteroatoms. The lowest BCUT2D eigenvalue weighted by Gasteiger charge is -2.34. The third-order valence-corrected chi connectivity index (χ3v) is 6.56. The van der Waals surface area contributed by atoms with Crippen molar-refractivity contribution in [2.75, 3.05) is 19.0 Å². The molecule has 0 aliphatic carbocycles. The molecule has 86 valence electrons. The van der Waals surface area contributed by atoms with Gasteiger partial charge in [0.1, 0.15) is 4.65 Å². The highest BCUT2D eigenvalue weighted by Crippen LogP contribution is 2.62. The minimum Gasteiger partial charge on any atom is -0.304 e. The molecule has 1 atom stereocenters. The van der Waals surface area contributed by atoms with Crippen molar-refractivity contribution in [3.05, 3.63) is 10.7 Å². The summed E-state index contributed by atoms with van der Waals surface area (Å²) in [7, 11) is -4.41. The second-order valence-corrected chi connectivity index (χ2v) is 8.42. The zero-order valence-corrected chi connectivity index (χ0v) is 10.6. The van der Waals surface area contributed by atoms with E-state index in [1.165, 1.54) is 0 Å². The van der Waals surface area contributed by atoms with Crippen LogP contribution in [0, 0.1) is 5.41 Å². The first-order chi connectivity index (χ1) is 6.93. The lowest BCUT2D eigenvalue weighted by molar-refractivity contribution is 0.0453. The molecule has 0 spiro atoms. The first kappa shape index (κ1) is 11.5. The van der Waals surface area contributed by atoms with E-state index >= 15 is 0 Å². The van der Waals surface area contributed by atoms with Gasteiger partial charge in [-0.1, -0.05) is 19.9 Å². The highest BCUT2D eigenvalue weighted by molar-refractivity contribution is 7.98. The van der Waals surface area contributed by atoms with Gasteiger partial charge in [-0.25, -0.2) is 0 Å². The Morgan fingerprint density at radius 1 is 1.40 bits per heavy atom. The van der Waals surface area contributed by atoms with Gasteiger partial charge >= 0.3 is 7.60 Å². The molecule has 0 saturated carbocycles. The molecule has 1 fully saturated rings. The van der Waals surface area contributed by atoms with Crippen LogP contribution in [0.2, 0.25) is 0 Å². The molecule has 0 unspecified atom stereocenters. The maximum Gasteiger partial charge on any atom is 0.369 e. The van der Waals surface area contributed by atoms with Gasteiger partial charge in [0, 0.05) is 11.2 Å². The summed E-state index contributed by atoms with van der Waals surface area (Å²) in [6, 6.07) is 0. The standard InChI is InChI=1S/C9H15O4PS/c1-9(2)6-12-14(10,13-7-9)8-4-3-5-15(8)11/h4H,3,5-7H2,1-2H3/t15-/m0/s1. The largest absolute Gasteiger partial charge is 0.369 e. The van der Waals surface area contributed by atoms with Crippen molar-refractivity contribution in [2.45, 2.75) is 20.3 Å². The molecule has 0 amide bonds. The van der Waals surface area contributed by atoms with Gasteiger partial charge in [-0.05, 0) is 6.42 Å². The van der Waals surface area contributed by atoms with Crippen LogP contribution < -0.4 is 0 Å². The fourth-order valence-corrected chi connectivity index (χ4v) is 5.60. The van der Waals surface area contributed by atoms with Crippen LogP contribution in [0.1, 0.15) is 20.3 Å². The fourth-order valence-electron chi connectivity index (χ4n) is 1.45. The predicted molar refractivity (Wildman–Crippen MR) is 59.0 cm³/mol. The lowest BCUT2D eigenvalue weighted by atomic mass is 9.97. The quantitative estimate of drug-likeness (QED) is 0.670. The minimum absolute atomic E-state index is 0.117. The molecule has 2 aliphatic heterocycles. The van der Waals surface area contributed by atoms with E-state index < -0.39 is 18.4 Å². The van der Waals surface area contributed by atoms with Gasteiger partial charge in [0.05, 0.1) is 24.0 Å². The van der Waals surface area contributed by atoms with Crippen molar-refractivity contribution in [1.82, 2.24) is 0 Å². The summed E-state index contributed by atoms with van der Waals surface area (Å²) in [5, 5.41) is 0. The van der Waals surface area contributed by atoms with Crippen LogP contribution in [0.4, 0.5) is 0 Å². The Kier molecular flexibility index (Phi) is 2.93.